The van der Waals surface area contributed by atoms with E-state index in [1.165, 1.54) is 19.3 Å². The molecule has 3 atom stereocenters. The zero-order chi connectivity index (χ0) is 19.7. The predicted octanol–water partition coefficient (Wildman–Crippen LogP) is 3.20. The first-order chi connectivity index (χ1) is 13.4. The van der Waals surface area contributed by atoms with Crippen LogP contribution in [0.2, 0.25) is 0 Å². The Balaban J connectivity index is 1.36. The van der Waals surface area contributed by atoms with Gasteiger partial charge in [0, 0.05) is 6.54 Å². The molecule has 2 bridgehead atoms. The van der Waals surface area contributed by atoms with Crippen LogP contribution in [-0.2, 0) is 18.9 Å². The van der Waals surface area contributed by atoms with Crippen LogP contribution < -0.4 is 0 Å². The van der Waals surface area contributed by atoms with Gasteiger partial charge in [-0.15, -0.1) is 0 Å². The number of carbonyl (C=O) groups is 2. The quantitative estimate of drug-likeness (QED) is 0.750. The molecule has 3 aliphatic carbocycles. The average molecular weight is 381 g/mol. The van der Waals surface area contributed by atoms with Gasteiger partial charge in [-0.25, -0.2) is 0 Å². The van der Waals surface area contributed by atoms with E-state index < -0.39 is 7.12 Å². The Bertz CT molecular complexity index is 741. The smallest absolute Gasteiger partial charge is 0.495 e. The standard InChI is InChI=1S/C22H28BNO4/c1-22(2)18-9-8-17(19(22)12-18)13-24-14-20(25)27-23(28-21(26)15-24)11-10-16-6-4-3-5-7-16/h3-7,10-11,17-19H,8-9,12-15H2,1-2H3/b11-10+/t17-,18?,19-/m1/s1. The van der Waals surface area contributed by atoms with Crippen LogP contribution in [-0.4, -0.2) is 43.6 Å². The number of hydrogen-bond acceptors (Lipinski definition) is 5. The molecule has 1 aliphatic heterocycles. The van der Waals surface area contributed by atoms with Crippen molar-refractivity contribution in [2.24, 2.45) is 23.2 Å². The van der Waals surface area contributed by atoms with Crippen molar-refractivity contribution in [1.82, 2.24) is 4.90 Å². The molecule has 1 heterocycles. The van der Waals surface area contributed by atoms with Gasteiger partial charge < -0.3 is 9.31 Å². The fourth-order valence-electron chi connectivity index (χ4n) is 5.25. The largest absolute Gasteiger partial charge is 0.628 e. The highest BCUT2D eigenvalue weighted by Gasteiger charge is 2.54. The summed E-state index contributed by atoms with van der Waals surface area (Å²) in [5.41, 5.74) is 1.34. The fraction of sp³-hybridized carbons (Fsp3) is 0.545. The molecule has 4 aliphatic rings. The second-order valence-electron chi connectivity index (χ2n) is 8.99. The lowest BCUT2D eigenvalue weighted by Gasteiger charge is -2.60. The van der Waals surface area contributed by atoms with E-state index in [0.29, 0.717) is 17.3 Å². The summed E-state index contributed by atoms with van der Waals surface area (Å²) in [6.07, 6.45) is 5.51. The number of carbonyl (C=O) groups excluding carboxylic acids is 2. The number of hydrogen-bond donors (Lipinski definition) is 0. The first kappa shape index (κ1) is 19.3. The van der Waals surface area contributed by atoms with Gasteiger partial charge in [-0.05, 0) is 54.0 Å². The molecule has 1 unspecified atom stereocenters. The first-order valence-electron chi connectivity index (χ1n) is 10.3. The molecular weight excluding hydrogens is 353 g/mol. The molecule has 4 fully saturated rings. The molecule has 148 valence electrons. The summed E-state index contributed by atoms with van der Waals surface area (Å²) in [4.78, 5) is 26.6. The van der Waals surface area contributed by atoms with E-state index in [2.05, 4.69) is 13.8 Å². The van der Waals surface area contributed by atoms with E-state index in [0.717, 1.165) is 18.0 Å². The maximum atomic E-state index is 12.3. The summed E-state index contributed by atoms with van der Waals surface area (Å²) < 4.78 is 10.7. The third kappa shape index (κ3) is 4.02. The minimum absolute atomic E-state index is 0.137. The molecule has 1 aromatic rings. The van der Waals surface area contributed by atoms with Gasteiger partial charge in [0.15, 0.2) is 0 Å². The molecule has 6 heteroatoms. The van der Waals surface area contributed by atoms with Crippen LogP contribution in [0.15, 0.2) is 36.3 Å². The Morgan fingerprint density at radius 3 is 2.39 bits per heavy atom. The van der Waals surface area contributed by atoms with Crippen molar-refractivity contribution in [3.05, 3.63) is 41.9 Å². The Hall–Kier alpha value is -2.08. The third-order valence-corrected chi connectivity index (χ3v) is 6.94. The van der Waals surface area contributed by atoms with E-state index in [1.807, 2.05) is 35.2 Å². The number of benzene rings is 1. The highest BCUT2D eigenvalue weighted by molar-refractivity contribution is 6.55. The van der Waals surface area contributed by atoms with Gasteiger partial charge in [0.2, 0.25) is 0 Å². The van der Waals surface area contributed by atoms with Crippen molar-refractivity contribution in [2.75, 3.05) is 19.6 Å². The fourth-order valence-corrected chi connectivity index (χ4v) is 5.25. The average Bonchev–Trinajstić information content (AvgIpc) is 2.65. The first-order valence-corrected chi connectivity index (χ1v) is 10.3. The van der Waals surface area contributed by atoms with Crippen LogP contribution >= 0.6 is 0 Å². The van der Waals surface area contributed by atoms with Crippen LogP contribution in [0, 0.1) is 23.2 Å². The lowest BCUT2D eigenvalue weighted by molar-refractivity contribution is -0.148. The van der Waals surface area contributed by atoms with Gasteiger partial charge >= 0.3 is 19.1 Å². The van der Waals surface area contributed by atoms with E-state index in [9.17, 15) is 9.59 Å². The van der Waals surface area contributed by atoms with Gasteiger partial charge in [-0.1, -0.05) is 50.3 Å². The van der Waals surface area contributed by atoms with E-state index in [4.69, 9.17) is 9.31 Å². The van der Waals surface area contributed by atoms with Gasteiger partial charge in [-0.2, -0.15) is 0 Å². The summed E-state index contributed by atoms with van der Waals surface area (Å²) in [5, 5.41) is 0. The van der Waals surface area contributed by atoms with Crippen molar-refractivity contribution in [1.29, 1.82) is 0 Å². The van der Waals surface area contributed by atoms with E-state index in [-0.39, 0.29) is 25.0 Å². The maximum Gasteiger partial charge on any atom is 0.628 e. The zero-order valence-electron chi connectivity index (χ0n) is 16.7. The number of rotatable bonds is 4. The second kappa shape index (κ2) is 7.74. The van der Waals surface area contributed by atoms with Gasteiger partial charge in [0.25, 0.3) is 0 Å². The monoisotopic (exact) mass is 381 g/mol. The summed E-state index contributed by atoms with van der Waals surface area (Å²) in [5.74, 6) is 2.97. The summed E-state index contributed by atoms with van der Waals surface area (Å²) >= 11 is 0. The molecule has 3 saturated carbocycles. The predicted molar refractivity (Wildman–Crippen MR) is 108 cm³/mol. The third-order valence-electron chi connectivity index (χ3n) is 6.94. The van der Waals surface area contributed by atoms with Crippen LogP contribution in [0.25, 0.3) is 6.08 Å². The molecule has 1 aromatic carbocycles. The van der Waals surface area contributed by atoms with Gasteiger partial charge in [0.05, 0.1) is 13.1 Å². The normalized spacial score (nSPS) is 30.2. The maximum absolute atomic E-state index is 12.3. The SMILES string of the molecule is CC1(C)C2CC[C@H](CN3CC(=O)OB(/C=C/c4ccccc4)OC(=O)C3)[C@H]1C2. The molecule has 0 aromatic heterocycles. The molecular formula is C22H28BNO4. The molecule has 5 nitrogen and oxygen atoms in total. The topological polar surface area (TPSA) is 55.8 Å². The van der Waals surface area contributed by atoms with Gasteiger partial charge in [-0.3, -0.25) is 14.5 Å². The minimum Gasteiger partial charge on any atom is -0.495 e. The lowest BCUT2D eigenvalue weighted by Crippen LogP contribution is -2.55. The molecule has 0 amide bonds. The van der Waals surface area contributed by atoms with E-state index in [1.54, 1.807) is 12.1 Å². The Kier molecular flexibility index (Phi) is 5.32. The van der Waals surface area contributed by atoms with Crippen LogP contribution in [0.5, 0.6) is 0 Å². The number of nitrogens with zero attached hydrogens (tertiary/aromatic N) is 1. The van der Waals surface area contributed by atoms with Crippen molar-refractivity contribution in [3.8, 4) is 0 Å². The molecule has 0 N–H and O–H groups in total. The van der Waals surface area contributed by atoms with Crippen LogP contribution in [0.4, 0.5) is 0 Å². The summed E-state index contributed by atoms with van der Waals surface area (Å²) in [6, 6.07) is 9.64. The van der Waals surface area contributed by atoms with Crippen molar-refractivity contribution < 1.29 is 18.9 Å². The van der Waals surface area contributed by atoms with Crippen molar-refractivity contribution in [2.45, 2.75) is 33.1 Å². The highest BCUT2D eigenvalue weighted by Crippen LogP contribution is 2.61. The number of fused-ring (bicyclic) bond motifs is 2. The molecule has 28 heavy (non-hydrogen) atoms. The lowest BCUT2D eigenvalue weighted by atomic mass is 9.45. The van der Waals surface area contributed by atoms with Crippen molar-refractivity contribution in [3.63, 3.8) is 0 Å². The zero-order valence-corrected chi connectivity index (χ0v) is 16.7. The summed E-state index contributed by atoms with van der Waals surface area (Å²) in [6.45, 7) is 5.75. The van der Waals surface area contributed by atoms with E-state index >= 15 is 0 Å². The van der Waals surface area contributed by atoms with Gasteiger partial charge in [0.1, 0.15) is 0 Å². The Morgan fingerprint density at radius 2 is 1.79 bits per heavy atom. The van der Waals surface area contributed by atoms with Crippen LogP contribution in [0.1, 0.15) is 38.7 Å². The molecule has 1 saturated heterocycles. The molecule has 0 spiro atoms. The van der Waals surface area contributed by atoms with Crippen molar-refractivity contribution >= 4 is 25.1 Å². The Morgan fingerprint density at radius 1 is 1.11 bits per heavy atom. The molecule has 0 radical (unpaired) electrons. The molecule has 5 rings (SSSR count). The Labute approximate surface area is 167 Å². The second-order valence-corrected chi connectivity index (χ2v) is 8.99. The highest BCUT2D eigenvalue weighted by atomic mass is 16.6. The summed E-state index contributed by atoms with van der Waals surface area (Å²) in [7, 11) is -0.969. The minimum atomic E-state index is -0.969. The van der Waals surface area contributed by atoms with Crippen LogP contribution in [0.3, 0.4) is 0 Å².